The van der Waals surface area contributed by atoms with Gasteiger partial charge in [0.15, 0.2) is 0 Å². The molecule has 2 nitrogen and oxygen atoms in total. The van der Waals surface area contributed by atoms with E-state index < -0.39 is 5.82 Å². The van der Waals surface area contributed by atoms with Gasteiger partial charge in [0.05, 0.1) is 0 Å². The van der Waals surface area contributed by atoms with Crippen molar-refractivity contribution in [2.24, 2.45) is 5.92 Å². The maximum atomic E-state index is 13.1. The summed E-state index contributed by atoms with van der Waals surface area (Å²) in [6.45, 7) is 2.07. The van der Waals surface area contributed by atoms with Gasteiger partial charge in [-0.1, -0.05) is 19.8 Å². The van der Waals surface area contributed by atoms with E-state index >= 15 is 0 Å². The smallest absolute Gasteiger partial charge is 0.251 e. The zero-order valence-electron chi connectivity index (χ0n) is 10.4. The maximum Gasteiger partial charge on any atom is 0.251 e. The molecule has 1 aliphatic rings. The van der Waals surface area contributed by atoms with Gasteiger partial charge in [0, 0.05) is 16.5 Å². The van der Waals surface area contributed by atoms with E-state index in [0.29, 0.717) is 5.56 Å². The molecule has 1 N–H and O–H groups in total. The summed E-state index contributed by atoms with van der Waals surface area (Å²) < 4.78 is 13.1. The molecule has 2 rings (SSSR count). The quantitative estimate of drug-likeness (QED) is 0.786. The Morgan fingerprint density at radius 1 is 1.56 bits per heavy atom. The minimum atomic E-state index is -0.403. The zero-order chi connectivity index (χ0) is 13.1. The molecule has 4 heteroatoms. The molecule has 0 radical (unpaired) electrons. The van der Waals surface area contributed by atoms with Crippen molar-refractivity contribution in [1.29, 1.82) is 0 Å². The molecule has 1 unspecified atom stereocenters. The second-order valence-electron chi connectivity index (χ2n) is 4.92. The Bertz CT molecular complexity index is 445. The van der Waals surface area contributed by atoms with E-state index in [9.17, 15) is 9.18 Å². The van der Waals surface area contributed by atoms with Gasteiger partial charge in [-0.05, 0) is 37.0 Å². The molecule has 1 amide bonds. The lowest BCUT2D eigenvalue weighted by Gasteiger charge is -2.16. The van der Waals surface area contributed by atoms with Crippen LogP contribution in [0.2, 0.25) is 0 Å². The van der Waals surface area contributed by atoms with E-state index in [-0.39, 0.29) is 16.8 Å². The highest BCUT2D eigenvalue weighted by Crippen LogP contribution is 2.34. The summed E-state index contributed by atoms with van der Waals surface area (Å²) in [5.74, 6) is 0.238. The molecule has 0 aliphatic heterocycles. The lowest BCUT2D eigenvalue weighted by molar-refractivity contribution is 0.0932. The van der Waals surface area contributed by atoms with Gasteiger partial charge in [-0.2, -0.15) is 0 Å². The van der Waals surface area contributed by atoms with Crippen molar-refractivity contribution < 1.29 is 9.18 Å². The number of halogens is 1. The minimum absolute atomic E-state index is 0.141. The number of hydrogen-bond donors (Lipinski definition) is 2. The van der Waals surface area contributed by atoms with Crippen LogP contribution in [-0.2, 0) is 0 Å². The third-order valence-electron chi connectivity index (χ3n) is 3.35. The molecule has 0 bridgehead atoms. The van der Waals surface area contributed by atoms with E-state index in [1.54, 1.807) is 0 Å². The molecule has 0 spiro atoms. The van der Waals surface area contributed by atoms with Crippen LogP contribution in [0.5, 0.6) is 0 Å². The minimum Gasteiger partial charge on any atom is -0.349 e. The van der Waals surface area contributed by atoms with Crippen molar-refractivity contribution in [2.75, 3.05) is 0 Å². The standard InChI is InChI=1S/C14H18FNOS/c1-2-11(7-9-3-4-9)16-14(17)10-5-6-12(15)13(18)8-10/h5-6,8-9,11,18H,2-4,7H2,1H3,(H,16,17). The molecule has 1 aromatic rings. The van der Waals surface area contributed by atoms with E-state index in [1.165, 1.54) is 31.0 Å². The third-order valence-corrected chi connectivity index (χ3v) is 3.69. The summed E-state index contributed by atoms with van der Waals surface area (Å²) >= 11 is 3.99. The molecule has 0 saturated heterocycles. The Kier molecular flexibility index (Phi) is 4.27. The van der Waals surface area contributed by atoms with E-state index in [1.807, 2.05) is 0 Å². The highest BCUT2D eigenvalue weighted by atomic mass is 32.1. The molecule has 1 aromatic carbocycles. The number of carbonyl (C=O) groups is 1. The predicted octanol–water partition coefficient (Wildman–Crippen LogP) is 3.42. The number of rotatable bonds is 5. The number of carbonyl (C=O) groups excluding carboxylic acids is 1. The molecule has 1 saturated carbocycles. The second-order valence-corrected chi connectivity index (χ2v) is 5.41. The van der Waals surface area contributed by atoms with Crippen LogP contribution in [0.15, 0.2) is 23.1 Å². The molecular weight excluding hydrogens is 249 g/mol. The van der Waals surface area contributed by atoms with Crippen molar-refractivity contribution in [2.45, 2.75) is 43.5 Å². The van der Waals surface area contributed by atoms with E-state index in [2.05, 4.69) is 24.9 Å². The van der Waals surface area contributed by atoms with Crippen LogP contribution in [0.3, 0.4) is 0 Å². The SMILES string of the molecule is CCC(CC1CC1)NC(=O)c1ccc(F)c(S)c1. The summed E-state index contributed by atoms with van der Waals surface area (Å²) in [5.41, 5.74) is 0.468. The number of hydrogen-bond acceptors (Lipinski definition) is 2. The van der Waals surface area contributed by atoms with Gasteiger partial charge in [-0.15, -0.1) is 12.6 Å². The molecule has 1 aliphatic carbocycles. The topological polar surface area (TPSA) is 29.1 Å². The second kappa shape index (κ2) is 5.74. The summed E-state index contributed by atoms with van der Waals surface area (Å²) in [6, 6.07) is 4.46. The largest absolute Gasteiger partial charge is 0.349 e. The molecule has 1 atom stereocenters. The van der Waals surface area contributed by atoms with Crippen LogP contribution < -0.4 is 5.32 Å². The van der Waals surface area contributed by atoms with Crippen LogP contribution in [-0.4, -0.2) is 11.9 Å². The first-order chi connectivity index (χ1) is 8.60. The van der Waals surface area contributed by atoms with Crippen molar-refractivity contribution in [3.63, 3.8) is 0 Å². The first kappa shape index (κ1) is 13.4. The Hall–Kier alpha value is -1.03. The van der Waals surface area contributed by atoms with Gasteiger partial charge < -0.3 is 5.32 Å². The Morgan fingerprint density at radius 2 is 2.28 bits per heavy atom. The third kappa shape index (κ3) is 3.48. The van der Waals surface area contributed by atoms with Gasteiger partial charge >= 0.3 is 0 Å². The van der Waals surface area contributed by atoms with Crippen molar-refractivity contribution >= 4 is 18.5 Å². The fraction of sp³-hybridized carbons (Fsp3) is 0.500. The van der Waals surface area contributed by atoms with E-state index in [4.69, 9.17) is 0 Å². The monoisotopic (exact) mass is 267 g/mol. The van der Waals surface area contributed by atoms with Gasteiger partial charge in [-0.25, -0.2) is 4.39 Å². The van der Waals surface area contributed by atoms with Crippen LogP contribution in [0.25, 0.3) is 0 Å². The highest BCUT2D eigenvalue weighted by Gasteiger charge is 2.25. The molecular formula is C14H18FNOS. The van der Waals surface area contributed by atoms with Gasteiger partial charge in [0.25, 0.3) is 5.91 Å². The summed E-state index contributed by atoms with van der Waals surface area (Å²) in [4.78, 5) is 12.2. The van der Waals surface area contributed by atoms with Crippen molar-refractivity contribution in [1.82, 2.24) is 5.32 Å². The fourth-order valence-electron chi connectivity index (χ4n) is 2.01. The predicted molar refractivity (Wildman–Crippen MR) is 72.5 cm³/mol. The Labute approximate surface area is 112 Å². The summed E-state index contributed by atoms with van der Waals surface area (Å²) in [5, 5.41) is 3.01. The number of nitrogens with one attached hydrogen (secondary N) is 1. The zero-order valence-corrected chi connectivity index (χ0v) is 11.3. The number of benzene rings is 1. The molecule has 0 heterocycles. The van der Waals surface area contributed by atoms with Gasteiger partial charge in [-0.3, -0.25) is 4.79 Å². The lowest BCUT2D eigenvalue weighted by atomic mass is 10.1. The molecule has 18 heavy (non-hydrogen) atoms. The first-order valence-electron chi connectivity index (χ1n) is 6.39. The van der Waals surface area contributed by atoms with Gasteiger partial charge in [0.2, 0.25) is 0 Å². The van der Waals surface area contributed by atoms with Crippen LogP contribution in [0.1, 0.15) is 43.0 Å². The van der Waals surface area contributed by atoms with E-state index in [0.717, 1.165) is 18.8 Å². The average Bonchev–Trinajstić information content (AvgIpc) is 3.15. The Morgan fingerprint density at radius 3 is 2.83 bits per heavy atom. The average molecular weight is 267 g/mol. The molecule has 0 aromatic heterocycles. The van der Waals surface area contributed by atoms with Crippen LogP contribution >= 0.6 is 12.6 Å². The fourth-order valence-corrected chi connectivity index (χ4v) is 2.22. The normalized spacial score (nSPS) is 16.4. The first-order valence-corrected chi connectivity index (χ1v) is 6.84. The number of thiol groups is 1. The lowest BCUT2D eigenvalue weighted by Crippen LogP contribution is -2.34. The Balaban J connectivity index is 1.98. The summed E-state index contributed by atoms with van der Waals surface area (Å²) in [7, 11) is 0. The van der Waals surface area contributed by atoms with Gasteiger partial charge in [0.1, 0.15) is 5.82 Å². The highest BCUT2D eigenvalue weighted by molar-refractivity contribution is 7.80. The van der Waals surface area contributed by atoms with Crippen LogP contribution in [0.4, 0.5) is 4.39 Å². The maximum absolute atomic E-state index is 13.1. The molecule has 1 fully saturated rings. The van der Waals surface area contributed by atoms with Crippen LogP contribution in [0, 0.1) is 11.7 Å². The molecule has 98 valence electrons. The van der Waals surface area contributed by atoms with Crippen molar-refractivity contribution in [3.8, 4) is 0 Å². The van der Waals surface area contributed by atoms with Crippen molar-refractivity contribution in [3.05, 3.63) is 29.6 Å². The summed E-state index contributed by atoms with van der Waals surface area (Å²) in [6.07, 6.45) is 4.54. The number of amides is 1.